The Bertz CT molecular complexity index is 563. The maximum atomic E-state index is 9.33. The molecule has 98 valence electrons. The van der Waals surface area contributed by atoms with Crippen LogP contribution in [0.2, 0.25) is 0 Å². The number of thioether (sulfide) groups is 1. The Balaban J connectivity index is 1.80. The van der Waals surface area contributed by atoms with Crippen molar-refractivity contribution in [2.24, 2.45) is 5.92 Å². The van der Waals surface area contributed by atoms with Crippen LogP contribution in [0, 0.1) is 17.2 Å². The average molecular weight is 270 g/mol. The number of nitrogens with one attached hydrogen (secondary N) is 1. The summed E-state index contributed by atoms with van der Waals surface area (Å²) in [5.74, 6) is 0.207. The Morgan fingerprint density at radius 3 is 2.84 bits per heavy atom. The molecule has 2 nitrogen and oxygen atoms in total. The lowest BCUT2D eigenvalue weighted by Crippen LogP contribution is -2.13. The highest BCUT2D eigenvalue weighted by molar-refractivity contribution is 7.99. The van der Waals surface area contributed by atoms with Crippen LogP contribution < -0.4 is 0 Å². The van der Waals surface area contributed by atoms with E-state index < -0.39 is 0 Å². The van der Waals surface area contributed by atoms with E-state index in [9.17, 15) is 5.26 Å². The lowest BCUT2D eigenvalue weighted by molar-refractivity contribution is 0.585. The second kappa shape index (κ2) is 5.71. The SMILES string of the molecule is N#CC1CCCCCC1Sc1cc2ccccc2[nH]1. The maximum absolute atomic E-state index is 9.33. The fourth-order valence-electron chi connectivity index (χ4n) is 2.84. The largest absolute Gasteiger partial charge is 0.350 e. The summed E-state index contributed by atoms with van der Waals surface area (Å²) in [4.78, 5) is 3.46. The highest BCUT2D eigenvalue weighted by atomic mass is 32.2. The van der Waals surface area contributed by atoms with Gasteiger partial charge in [0.25, 0.3) is 0 Å². The third-order valence-corrected chi connectivity index (χ3v) is 5.24. The van der Waals surface area contributed by atoms with Crippen molar-refractivity contribution in [2.45, 2.75) is 42.4 Å². The van der Waals surface area contributed by atoms with E-state index >= 15 is 0 Å². The van der Waals surface area contributed by atoms with Gasteiger partial charge in [-0.05, 0) is 25.0 Å². The van der Waals surface area contributed by atoms with Gasteiger partial charge in [-0.1, -0.05) is 37.5 Å². The minimum atomic E-state index is 0.207. The minimum Gasteiger partial charge on any atom is -0.350 e. The van der Waals surface area contributed by atoms with Gasteiger partial charge < -0.3 is 4.98 Å². The van der Waals surface area contributed by atoms with Gasteiger partial charge in [0.05, 0.1) is 17.0 Å². The number of H-pyrrole nitrogens is 1. The number of fused-ring (bicyclic) bond motifs is 1. The molecule has 1 fully saturated rings. The lowest BCUT2D eigenvalue weighted by atomic mass is 10.0. The van der Waals surface area contributed by atoms with Crippen molar-refractivity contribution < 1.29 is 0 Å². The summed E-state index contributed by atoms with van der Waals surface area (Å²) >= 11 is 1.86. The molecule has 0 spiro atoms. The first-order valence-corrected chi connectivity index (χ1v) is 7.89. The van der Waals surface area contributed by atoms with Crippen LogP contribution in [-0.2, 0) is 0 Å². The summed E-state index contributed by atoms with van der Waals surface area (Å²) in [6, 6.07) is 13.1. The number of rotatable bonds is 2. The lowest BCUT2D eigenvalue weighted by Gasteiger charge is -2.17. The molecule has 3 heteroatoms. The summed E-state index contributed by atoms with van der Waals surface area (Å²) in [5, 5.41) is 12.2. The molecule has 2 atom stereocenters. The fraction of sp³-hybridized carbons (Fsp3) is 0.438. The molecule has 2 unspecified atom stereocenters. The Morgan fingerprint density at radius 2 is 2.00 bits per heavy atom. The van der Waals surface area contributed by atoms with Gasteiger partial charge in [0.15, 0.2) is 0 Å². The van der Waals surface area contributed by atoms with E-state index in [0.29, 0.717) is 5.25 Å². The van der Waals surface area contributed by atoms with Crippen molar-refractivity contribution in [3.8, 4) is 6.07 Å². The topological polar surface area (TPSA) is 39.6 Å². The van der Waals surface area contributed by atoms with Crippen LogP contribution in [0.5, 0.6) is 0 Å². The van der Waals surface area contributed by atoms with Crippen LogP contribution in [0.3, 0.4) is 0 Å². The van der Waals surface area contributed by atoms with Gasteiger partial charge >= 0.3 is 0 Å². The number of para-hydroxylation sites is 1. The maximum Gasteiger partial charge on any atom is 0.0735 e. The van der Waals surface area contributed by atoms with Gasteiger partial charge in [-0.15, -0.1) is 11.8 Å². The van der Waals surface area contributed by atoms with Crippen LogP contribution in [0.1, 0.15) is 32.1 Å². The molecular formula is C16H18N2S. The van der Waals surface area contributed by atoms with Crippen LogP contribution in [0.25, 0.3) is 10.9 Å². The molecule has 1 aromatic carbocycles. The van der Waals surface area contributed by atoms with Crippen molar-refractivity contribution in [2.75, 3.05) is 0 Å². The molecule has 1 aromatic heterocycles. The smallest absolute Gasteiger partial charge is 0.0735 e. The Labute approximate surface area is 118 Å². The summed E-state index contributed by atoms with van der Waals surface area (Å²) in [6.45, 7) is 0. The highest BCUT2D eigenvalue weighted by Crippen LogP contribution is 2.36. The first kappa shape index (κ1) is 12.6. The Morgan fingerprint density at radius 1 is 1.16 bits per heavy atom. The normalized spacial score (nSPS) is 23.9. The van der Waals surface area contributed by atoms with Gasteiger partial charge in [-0.3, -0.25) is 0 Å². The van der Waals surface area contributed by atoms with Gasteiger partial charge in [-0.25, -0.2) is 0 Å². The zero-order valence-electron chi connectivity index (χ0n) is 10.9. The molecule has 1 aliphatic carbocycles. The van der Waals surface area contributed by atoms with Crippen LogP contribution in [-0.4, -0.2) is 10.2 Å². The van der Waals surface area contributed by atoms with Crippen LogP contribution in [0.15, 0.2) is 35.4 Å². The van der Waals surface area contributed by atoms with Gasteiger partial charge in [0.2, 0.25) is 0 Å². The number of nitrogens with zero attached hydrogens (tertiary/aromatic N) is 1. The van der Waals surface area contributed by atoms with E-state index in [1.165, 1.54) is 35.2 Å². The molecule has 1 saturated carbocycles. The highest BCUT2D eigenvalue weighted by Gasteiger charge is 2.24. The number of aromatic nitrogens is 1. The second-order valence-corrected chi connectivity index (χ2v) is 6.53. The molecule has 19 heavy (non-hydrogen) atoms. The predicted octanol–water partition coefficient (Wildman–Crippen LogP) is 4.73. The number of benzene rings is 1. The van der Waals surface area contributed by atoms with E-state index in [0.717, 1.165) is 12.8 Å². The fourth-order valence-corrected chi connectivity index (χ4v) is 4.17. The van der Waals surface area contributed by atoms with Crippen LogP contribution >= 0.6 is 11.8 Å². The van der Waals surface area contributed by atoms with Crippen molar-refractivity contribution >= 4 is 22.7 Å². The third-order valence-electron chi connectivity index (χ3n) is 3.90. The number of nitriles is 1. The molecule has 0 amide bonds. The van der Waals surface area contributed by atoms with Crippen molar-refractivity contribution in [1.29, 1.82) is 5.26 Å². The molecule has 3 rings (SSSR count). The minimum absolute atomic E-state index is 0.207. The summed E-state index contributed by atoms with van der Waals surface area (Å²) in [5.41, 5.74) is 1.19. The Hall–Kier alpha value is -1.40. The second-order valence-electron chi connectivity index (χ2n) is 5.25. The molecular weight excluding hydrogens is 252 g/mol. The number of hydrogen-bond acceptors (Lipinski definition) is 2. The Kier molecular flexibility index (Phi) is 3.79. The number of hydrogen-bond donors (Lipinski definition) is 1. The molecule has 1 heterocycles. The van der Waals surface area contributed by atoms with Crippen molar-refractivity contribution in [3.05, 3.63) is 30.3 Å². The third kappa shape index (κ3) is 2.79. The molecule has 0 bridgehead atoms. The summed E-state index contributed by atoms with van der Waals surface area (Å²) in [6.07, 6.45) is 5.98. The van der Waals surface area contributed by atoms with Crippen molar-refractivity contribution in [1.82, 2.24) is 4.98 Å². The standard InChI is InChI=1S/C16H18N2S/c17-11-13-7-2-1-3-9-15(13)19-16-10-12-6-4-5-8-14(12)18-16/h4-6,8,10,13,15,18H,1-3,7,9H2. The first-order valence-electron chi connectivity index (χ1n) is 7.01. The van der Waals surface area contributed by atoms with Gasteiger partial charge in [0.1, 0.15) is 0 Å². The monoisotopic (exact) mass is 270 g/mol. The van der Waals surface area contributed by atoms with E-state index in [1.807, 2.05) is 11.8 Å². The first-order chi connectivity index (χ1) is 9.36. The molecule has 1 N–H and O–H groups in total. The average Bonchev–Trinajstić information content (AvgIpc) is 2.70. The van der Waals surface area contributed by atoms with E-state index in [4.69, 9.17) is 0 Å². The molecule has 0 saturated heterocycles. The number of aromatic amines is 1. The van der Waals surface area contributed by atoms with E-state index in [1.54, 1.807) is 0 Å². The van der Waals surface area contributed by atoms with E-state index in [-0.39, 0.29) is 5.92 Å². The van der Waals surface area contributed by atoms with E-state index in [2.05, 4.69) is 41.4 Å². The van der Waals surface area contributed by atoms with Gasteiger partial charge in [0, 0.05) is 16.2 Å². The molecule has 1 aliphatic rings. The zero-order chi connectivity index (χ0) is 13.1. The summed E-state index contributed by atoms with van der Waals surface area (Å²) in [7, 11) is 0. The van der Waals surface area contributed by atoms with Crippen LogP contribution in [0.4, 0.5) is 0 Å². The molecule has 2 aromatic rings. The zero-order valence-corrected chi connectivity index (χ0v) is 11.7. The predicted molar refractivity (Wildman–Crippen MR) is 80.1 cm³/mol. The molecule has 0 radical (unpaired) electrons. The summed E-state index contributed by atoms with van der Waals surface area (Å²) < 4.78 is 0. The van der Waals surface area contributed by atoms with Gasteiger partial charge in [-0.2, -0.15) is 5.26 Å². The molecule has 0 aliphatic heterocycles. The van der Waals surface area contributed by atoms with Crippen molar-refractivity contribution in [3.63, 3.8) is 0 Å². The quantitative estimate of drug-likeness (QED) is 0.801.